The van der Waals surface area contributed by atoms with Crippen molar-refractivity contribution in [3.8, 4) is 6.07 Å². The number of para-hydroxylation sites is 2. The number of amides is 1. The normalized spacial score (nSPS) is 10.9. The summed E-state index contributed by atoms with van der Waals surface area (Å²) in [5.41, 5.74) is 2.35. The molecule has 0 spiro atoms. The van der Waals surface area contributed by atoms with E-state index in [9.17, 15) is 14.9 Å². The second-order valence-corrected chi connectivity index (χ2v) is 8.45. The van der Waals surface area contributed by atoms with Crippen molar-refractivity contribution in [2.24, 2.45) is 0 Å². The van der Waals surface area contributed by atoms with Crippen molar-refractivity contribution in [1.82, 2.24) is 19.2 Å². The lowest BCUT2D eigenvalue weighted by molar-refractivity contribution is -0.113. The van der Waals surface area contributed by atoms with Gasteiger partial charge in [0.2, 0.25) is 11.7 Å². The van der Waals surface area contributed by atoms with Crippen LogP contribution in [0.25, 0.3) is 16.7 Å². The molecule has 0 saturated heterocycles. The fraction of sp³-hybridized carbons (Fsp3) is 0.0800. The number of aromatic nitrogens is 4. The predicted octanol–water partition coefficient (Wildman–Crippen LogP) is 3.69. The number of carbonyl (C=O) groups is 1. The van der Waals surface area contributed by atoms with E-state index in [2.05, 4.69) is 21.6 Å². The van der Waals surface area contributed by atoms with Gasteiger partial charge in [-0.1, -0.05) is 66.4 Å². The molecule has 3 aromatic carbocycles. The average Bonchev–Trinajstić information content (AvgIpc) is 3.30. The molecular formula is C25H18N6O2S. The highest BCUT2D eigenvalue weighted by atomic mass is 32.2. The van der Waals surface area contributed by atoms with Crippen LogP contribution in [0.3, 0.4) is 0 Å². The van der Waals surface area contributed by atoms with Gasteiger partial charge in [-0.2, -0.15) is 5.26 Å². The molecule has 1 amide bonds. The van der Waals surface area contributed by atoms with E-state index < -0.39 is 0 Å². The highest BCUT2D eigenvalue weighted by Gasteiger charge is 2.18. The minimum atomic E-state index is -0.272. The van der Waals surface area contributed by atoms with E-state index in [0.717, 1.165) is 5.56 Å². The summed E-state index contributed by atoms with van der Waals surface area (Å²) in [5.74, 6) is 0.198. The quantitative estimate of drug-likeness (QED) is 0.383. The van der Waals surface area contributed by atoms with Crippen molar-refractivity contribution < 1.29 is 4.79 Å². The summed E-state index contributed by atoms with van der Waals surface area (Å²) in [4.78, 5) is 25.9. The maximum absolute atomic E-state index is 13.3. The number of thioether (sulfide) groups is 1. The predicted molar refractivity (Wildman–Crippen MR) is 131 cm³/mol. The van der Waals surface area contributed by atoms with Gasteiger partial charge in [0.25, 0.3) is 5.56 Å². The third-order valence-corrected chi connectivity index (χ3v) is 6.24. The molecule has 0 aliphatic carbocycles. The van der Waals surface area contributed by atoms with E-state index in [1.54, 1.807) is 39.3 Å². The van der Waals surface area contributed by atoms with Crippen molar-refractivity contribution in [1.29, 1.82) is 5.26 Å². The van der Waals surface area contributed by atoms with Crippen molar-refractivity contribution in [2.45, 2.75) is 11.7 Å². The first-order chi connectivity index (χ1) is 16.7. The molecule has 5 aromatic rings. The van der Waals surface area contributed by atoms with Gasteiger partial charge in [0.15, 0.2) is 5.16 Å². The van der Waals surface area contributed by atoms with E-state index in [-0.39, 0.29) is 17.2 Å². The van der Waals surface area contributed by atoms with Crippen LogP contribution in [-0.2, 0) is 11.3 Å². The van der Waals surface area contributed by atoms with Crippen molar-refractivity contribution in [3.05, 3.63) is 100 Å². The average molecular weight is 467 g/mol. The van der Waals surface area contributed by atoms with Crippen LogP contribution in [0.1, 0.15) is 11.1 Å². The fourth-order valence-corrected chi connectivity index (χ4v) is 4.48. The van der Waals surface area contributed by atoms with Crippen LogP contribution in [-0.4, -0.2) is 30.8 Å². The van der Waals surface area contributed by atoms with Gasteiger partial charge in [0, 0.05) is 0 Å². The maximum Gasteiger partial charge on any atom is 0.263 e. The zero-order valence-electron chi connectivity index (χ0n) is 17.9. The van der Waals surface area contributed by atoms with Gasteiger partial charge in [0.05, 0.1) is 34.5 Å². The summed E-state index contributed by atoms with van der Waals surface area (Å²) >= 11 is 1.21. The second-order valence-electron chi connectivity index (χ2n) is 7.51. The Hall–Kier alpha value is -4.42. The summed E-state index contributed by atoms with van der Waals surface area (Å²) < 4.78 is 3.40. The molecule has 8 nitrogen and oxygen atoms in total. The molecule has 0 aliphatic rings. The molecule has 0 atom stereocenters. The van der Waals surface area contributed by atoms with Crippen LogP contribution in [0, 0.1) is 11.3 Å². The summed E-state index contributed by atoms with van der Waals surface area (Å²) in [6, 6.07) is 25.9. The van der Waals surface area contributed by atoms with Crippen LogP contribution < -0.4 is 10.9 Å². The number of nitriles is 1. The highest BCUT2D eigenvalue weighted by Crippen LogP contribution is 2.23. The number of hydrogen-bond acceptors (Lipinski definition) is 6. The summed E-state index contributed by atoms with van der Waals surface area (Å²) in [6.45, 7) is 0.349. The van der Waals surface area contributed by atoms with Crippen LogP contribution in [0.2, 0.25) is 0 Å². The van der Waals surface area contributed by atoms with Gasteiger partial charge >= 0.3 is 0 Å². The number of rotatable bonds is 6. The van der Waals surface area contributed by atoms with E-state index >= 15 is 0 Å². The van der Waals surface area contributed by atoms with Gasteiger partial charge in [-0.25, -0.2) is 0 Å². The van der Waals surface area contributed by atoms with Gasteiger partial charge < -0.3 is 5.32 Å². The lowest BCUT2D eigenvalue weighted by Crippen LogP contribution is -2.24. The Morgan fingerprint density at radius 3 is 2.53 bits per heavy atom. The smallest absolute Gasteiger partial charge is 0.263 e. The number of nitrogens with zero attached hydrogens (tertiary/aromatic N) is 5. The molecule has 2 heterocycles. The molecule has 0 saturated carbocycles. The Morgan fingerprint density at radius 2 is 1.71 bits per heavy atom. The SMILES string of the molecule is N#Cc1ccccc1NC(=O)CSc1nnc2n(Cc3ccccc3)c(=O)c3ccccc3n12. The van der Waals surface area contributed by atoms with E-state index in [0.29, 0.717) is 39.6 Å². The molecule has 5 rings (SSSR count). The van der Waals surface area contributed by atoms with E-state index in [4.69, 9.17) is 0 Å². The second kappa shape index (κ2) is 9.21. The molecular weight excluding hydrogens is 448 g/mol. The molecule has 0 bridgehead atoms. The van der Waals surface area contributed by atoms with E-state index in [1.807, 2.05) is 48.5 Å². The lowest BCUT2D eigenvalue weighted by Gasteiger charge is -2.11. The molecule has 9 heteroatoms. The van der Waals surface area contributed by atoms with Crippen molar-refractivity contribution in [2.75, 3.05) is 11.1 Å². The summed E-state index contributed by atoms with van der Waals surface area (Å²) in [6.07, 6.45) is 0. The first-order valence-electron chi connectivity index (χ1n) is 10.5. The number of benzene rings is 3. The maximum atomic E-state index is 13.3. The molecule has 2 aromatic heterocycles. The number of anilines is 1. The first-order valence-corrected chi connectivity index (χ1v) is 11.5. The summed E-state index contributed by atoms with van der Waals surface area (Å²) in [5, 5.41) is 21.6. The molecule has 166 valence electrons. The Balaban J connectivity index is 1.50. The Kier molecular flexibility index (Phi) is 5.81. The first kappa shape index (κ1) is 21.4. The molecule has 0 unspecified atom stereocenters. The van der Waals surface area contributed by atoms with Gasteiger partial charge in [-0.05, 0) is 29.8 Å². The zero-order valence-corrected chi connectivity index (χ0v) is 18.7. The minimum absolute atomic E-state index is 0.0622. The fourth-order valence-electron chi connectivity index (χ4n) is 3.74. The Labute approximate surface area is 198 Å². The summed E-state index contributed by atoms with van der Waals surface area (Å²) in [7, 11) is 0. The van der Waals surface area contributed by atoms with Crippen LogP contribution in [0.15, 0.2) is 88.8 Å². The minimum Gasteiger partial charge on any atom is -0.324 e. The van der Waals surface area contributed by atoms with Gasteiger partial charge in [-0.3, -0.25) is 18.6 Å². The topological polar surface area (TPSA) is 105 Å². The zero-order chi connectivity index (χ0) is 23.5. The number of nitrogens with one attached hydrogen (secondary N) is 1. The number of carbonyl (C=O) groups excluding carboxylic acids is 1. The third kappa shape index (κ3) is 4.02. The molecule has 0 aliphatic heterocycles. The Morgan fingerprint density at radius 1 is 0.971 bits per heavy atom. The van der Waals surface area contributed by atoms with Gasteiger partial charge in [0.1, 0.15) is 6.07 Å². The lowest BCUT2D eigenvalue weighted by atomic mass is 10.2. The molecule has 1 N–H and O–H groups in total. The molecule has 34 heavy (non-hydrogen) atoms. The number of fused-ring (bicyclic) bond motifs is 3. The standard InChI is InChI=1S/C25H18N6O2S/c26-14-18-10-4-6-12-20(18)27-22(32)16-34-25-29-28-24-30(15-17-8-2-1-3-9-17)23(33)19-11-5-7-13-21(19)31(24)25/h1-13H,15-16H2,(H,27,32). The van der Waals surface area contributed by atoms with Crippen LogP contribution in [0.4, 0.5) is 5.69 Å². The number of hydrogen-bond donors (Lipinski definition) is 1. The van der Waals surface area contributed by atoms with E-state index in [1.165, 1.54) is 11.8 Å². The van der Waals surface area contributed by atoms with Crippen LogP contribution in [0.5, 0.6) is 0 Å². The Bertz CT molecular complexity index is 1620. The molecule has 0 fully saturated rings. The van der Waals surface area contributed by atoms with Crippen molar-refractivity contribution in [3.63, 3.8) is 0 Å². The van der Waals surface area contributed by atoms with Crippen LogP contribution >= 0.6 is 11.8 Å². The largest absolute Gasteiger partial charge is 0.324 e. The highest BCUT2D eigenvalue weighted by molar-refractivity contribution is 7.99. The van der Waals surface area contributed by atoms with Gasteiger partial charge in [-0.15, -0.1) is 10.2 Å². The third-order valence-electron chi connectivity index (χ3n) is 5.32. The monoisotopic (exact) mass is 466 g/mol. The molecule has 0 radical (unpaired) electrons. The van der Waals surface area contributed by atoms with Crippen molar-refractivity contribution >= 4 is 40.0 Å².